The molecular weight excluding hydrogens is 439 g/mol. The molecule has 0 radical (unpaired) electrons. The van der Waals surface area contributed by atoms with E-state index in [-0.39, 0.29) is 12.4 Å². The number of urea groups is 1. The van der Waals surface area contributed by atoms with E-state index in [1.54, 1.807) is 24.4 Å². The summed E-state index contributed by atoms with van der Waals surface area (Å²) in [5.74, 6) is 0.0119. The molecule has 1 aliphatic heterocycles. The molecule has 5 N–H and O–H groups in total. The summed E-state index contributed by atoms with van der Waals surface area (Å²) in [6.07, 6.45) is 1.67. The first-order valence-electron chi connectivity index (χ1n) is 10.6. The number of rotatable bonds is 6. The highest BCUT2D eigenvalue weighted by Gasteiger charge is 2.18. The van der Waals surface area contributed by atoms with Crippen molar-refractivity contribution < 1.29 is 13.9 Å². The van der Waals surface area contributed by atoms with Crippen LogP contribution in [0.1, 0.15) is 11.6 Å². The number of amides is 2. The third kappa shape index (κ3) is 4.21. The molecule has 11 heteroatoms. The van der Waals surface area contributed by atoms with Crippen LogP contribution in [0.25, 0.3) is 22.2 Å². The molecule has 34 heavy (non-hydrogen) atoms. The SMILES string of the molecule is COCC(NC(=O)Nc1cc2[nH]nc(-c3ccc4c(c3)NNN4C)c2cn1)c1ccc(F)cc1. The Kier molecular flexibility index (Phi) is 5.70. The Bertz CT molecular complexity index is 1340. The lowest BCUT2D eigenvalue weighted by Crippen LogP contribution is -2.35. The van der Waals surface area contributed by atoms with Crippen molar-refractivity contribution in [3.63, 3.8) is 0 Å². The van der Waals surface area contributed by atoms with E-state index in [0.29, 0.717) is 5.82 Å². The van der Waals surface area contributed by atoms with E-state index in [0.717, 1.165) is 39.1 Å². The molecule has 2 amide bonds. The molecule has 0 fully saturated rings. The van der Waals surface area contributed by atoms with Gasteiger partial charge in [-0.3, -0.25) is 15.4 Å². The highest BCUT2D eigenvalue weighted by atomic mass is 19.1. The minimum atomic E-state index is -0.459. The summed E-state index contributed by atoms with van der Waals surface area (Å²) in [5, 5.41) is 15.7. The van der Waals surface area contributed by atoms with Gasteiger partial charge >= 0.3 is 6.03 Å². The molecule has 0 spiro atoms. The van der Waals surface area contributed by atoms with Crippen molar-refractivity contribution in [3.8, 4) is 11.3 Å². The monoisotopic (exact) mass is 462 g/mol. The van der Waals surface area contributed by atoms with Crippen LogP contribution >= 0.6 is 0 Å². The summed E-state index contributed by atoms with van der Waals surface area (Å²) in [4.78, 5) is 17.0. The van der Waals surface area contributed by atoms with Gasteiger partial charge in [-0.2, -0.15) is 5.10 Å². The minimum absolute atomic E-state index is 0.233. The number of pyridine rings is 1. The predicted octanol–water partition coefficient (Wildman–Crippen LogP) is 3.55. The van der Waals surface area contributed by atoms with Crippen LogP contribution in [0.3, 0.4) is 0 Å². The van der Waals surface area contributed by atoms with Crippen LogP contribution in [0, 0.1) is 5.82 Å². The number of carbonyl (C=O) groups excluding carboxylic acids is 1. The van der Waals surface area contributed by atoms with E-state index in [4.69, 9.17) is 4.74 Å². The number of fused-ring (bicyclic) bond motifs is 2. The summed E-state index contributed by atoms with van der Waals surface area (Å²) in [5.41, 5.74) is 11.3. The Morgan fingerprint density at radius 3 is 2.82 bits per heavy atom. The maximum atomic E-state index is 13.2. The molecule has 0 saturated carbocycles. The smallest absolute Gasteiger partial charge is 0.320 e. The summed E-state index contributed by atoms with van der Waals surface area (Å²) < 4.78 is 18.4. The van der Waals surface area contributed by atoms with E-state index < -0.39 is 12.1 Å². The number of methoxy groups -OCH3 is 1. The van der Waals surface area contributed by atoms with Crippen LogP contribution in [0.15, 0.2) is 54.7 Å². The maximum absolute atomic E-state index is 13.2. The van der Waals surface area contributed by atoms with Crippen molar-refractivity contribution in [1.82, 2.24) is 26.0 Å². The van der Waals surface area contributed by atoms with Gasteiger partial charge in [0, 0.05) is 37.4 Å². The van der Waals surface area contributed by atoms with Crippen LogP contribution in [0.2, 0.25) is 0 Å². The van der Waals surface area contributed by atoms with E-state index in [9.17, 15) is 9.18 Å². The van der Waals surface area contributed by atoms with Gasteiger partial charge in [-0.15, -0.1) is 5.53 Å². The number of anilines is 3. The van der Waals surface area contributed by atoms with Crippen molar-refractivity contribution in [2.24, 2.45) is 0 Å². The minimum Gasteiger partial charge on any atom is -0.382 e. The molecule has 10 nitrogen and oxygen atoms in total. The number of benzene rings is 2. The van der Waals surface area contributed by atoms with Gasteiger partial charge in [-0.25, -0.2) is 14.2 Å². The second kappa shape index (κ2) is 8.96. The summed E-state index contributed by atoms with van der Waals surface area (Å²) >= 11 is 0. The number of hydrogen-bond donors (Lipinski definition) is 5. The Hall–Kier alpha value is -4.22. The van der Waals surface area contributed by atoms with Crippen LogP contribution in [0.5, 0.6) is 0 Å². The third-order valence-electron chi connectivity index (χ3n) is 5.59. The fourth-order valence-electron chi connectivity index (χ4n) is 3.88. The molecule has 174 valence electrons. The second-order valence-electron chi connectivity index (χ2n) is 7.87. The zero-order valence-corrected chi connectivity index (χ0v) is 18.5. The number of nitrogens with zero attached hydrogens (tertiary/aromatic N) is 3. The molecule has 5 rings (SSSR count). The first kappa shape index (κ1) is 21.6. The summed E-state index contributed by atoms with van der Waals surface area (Å²) in [7, 11) is 3.46. The zero-order valence-electron chi connectivity index (χ0n) is 18.5. The molecule has 1 unspecified atom stereocenters. The van der Waals surface area contributed by atoms with E-state index >= 15 is 0 Å². The quantitative estimate of drug-likeness (QED) is 0.297. The lowest BCUT2D eigenvalue weighted by Gasteiger charge is -2.18. The van der Waals surface area contributed by atoms with Gasteiger partial charge in [-0.1, -0.05) is 18.2 Å². The summed E-state index contributed by atoms with van der Waals surface area (Å²) in [6.45, 7) is 0.233. The number of carbonyl (C=O) groups is 1. The molecule has 1 aliphatic rings. The maximum Gasteiger partial charge on any atom is 0.320 e. The fraction of sp³-hybridized carbons (Fsp3) is 0.174. The van der Waals surface area contributed by atoms with Crippen LogP contribution in [-0.4, -0.2) is 42.0 Å². The average molecular weight is 462 g/mol. The van der Waals surface area contributed by atoms with Crippen molar-refractivity contribution in [2.75, 3.05) is 36.5 Å². The molecule has 1 atom stereocenters. The number of ether oxygens (including phenoxy) is 1. The van der Waals surface area contributed by atoms with Gasteiger partial charge in [0.2, 0.25) is 0 Å². The predicted molar refractivity (Wildman–Crippen MR) is 128 cm³/mol. The van der Waals surface area contributed by atoms with E-state index in [1.165, 1.54) is 19.2 Å². The third-order valence-corrected chi connectivity index (χ3v) is 5.59. The number of aromatic nitrogens is 3. The van der Waals surface area contributed by atoms with Crippen LogP contribution < -0.4 is 26.6 Å². The largest absolute Gasteiger partial charge is 0.382 e. The van der Waals surface area contributed by atoms with Gasteiger partial charge in [0.1, 0.15) is 17.3 Å². The lowest BCUT2D eigenvalue weighted by atomic mass is 10.1. The Morgan fingerprint density at radius 2 is 2.03 bits per heavy atom. The van der Waals surface area contributed by atoms with Crippen LogP contribution in [0.4, 0.5) is 26.4 Å². The van der Waals surface area contributed by atoms with Gasteiger partial charge in [0.05, 0.1) is 29.5 Å². The lowest BCUT2D eigenvalue weighted by molar-refractivity contribution is 0.168. The molecule has 4 aromatic rings. The van der Waals surface area contributed by atoms with E-state index in [2.05, 4.69) is 36.8 Å². The zero-order chi connectivity index (χ0) is 23.7. The van der Waals surface area contributed by atoms with Crippen molar-refractivity contribution in [3.05, 3.63) is 66.1 Å². The molecule has 2 aromatic carbocycles. The second-order valence-corrected chi connectivity index (χ2v) is 7.87. The Labute approximate surface area is 194 Å². The molecule has 3 heterocycles. The normalized spacial score (nSPS) is 13.4. The van der Waals surface area contributed by atoms with Gasteiger partial charge in [-0.05, 0) is 29.8 Å². The average Bonchev–Trinajstić information content (AvgIpc) is 3.42. The first-order valence-corrected chi connectivity index (χ1v) is 10.6. The highest BCUT2D eigenvalue weighted by molar-refractivity contribution is 5.96. The Morgan fingerprint density at radius 1 is 1.21 bits per heavy atom. The van der Waals surface area contributed by atoms with Gasteiger partial charge < -0.3 is 15.5 Å². The van der Waals surface area contributed by atoms with Crippen LogP contribution in [-0.2, 0) is 4.74 Å². The fourth-order valence-corrected chi connectivity index (χ4v) is 3.88. The number of H-pyrrole nitrogens is 1. The molecule has 0 saturated heterocycles. The van der Waals surface area contributed by atoms with Crippen molar-refractivity contribution in [2.45, 2.75) is 6.04 Å². The number of aromatic amines is 1. The van der Waals surface area contributed by atoms with Gasteiger partial charge in [0.25, 0.3) is 0 Å². The highest BCUT2D eigenvalue weighted by Crippen LogP contribution is 2.34. The Balaban J connectivity index is 1.32. The number of halogens is 1. The van der Waals surface area contributed by atoms with Gasteiger partial charge in [0.15, 0.2) is 0 Å². The summed E-state index contributed by atoms with van der Waals surface area (Å²) in [6, 6.07) is 12.7. The number of hydrogen-bond acceptors (Lipinski definition) is 7. The standard InChI is InChI=1S/C23H23FN8O2/c1-32-20-8-5-14(9-18(20)29-31-32)22-16-11-25-21(10-17(16)28-30-22)27-23(33)26-19(12-34-2)13-3-6-15(24)7-4-13/h3-11,19,29,31H,12H2,1-2H3,(H,28,30)(H2,25,26,27,33). The van der Waals surface area contributed by atoms with Crippen molar-refractivity contribution >= 4 is 34.1 Å². The van der Waals surface area contributed by atoms with E-state index in [1.807, 2.05) is 30.3 Å². The number of nitrogens with one attached hydrogen (secondary N) is 5. The molecular formula is C23H23FN8O2. The number of hydrazine groups is 2. The molecule has 0 aliphatic carbocycles. The topological polar surface area (TPSA) is 119 Å². The molecule has 0 bridgehead atoms. The molecule has 2 aromatic heterocycles. The van der Waals surface area contributed by atoms with Crippen molar-refractivity contribution in [1.29, 1.82) is 0 Å². The first-order chi connectivity index (χ1) is 16.5.